The number of aromatic nitrogens is 1. The Balaban J connectivity index is 1.58. The lowest BCUT2D eigenvalue weighted by Crippen LogP contribution is -2.30. The third-order valence-electron chi connectivity index (χ3n) is 5.32. The summed E-state index contributed by atoms with van der Waals surface area (Å²) in [5.41, 5.74) is 3.68. The van der Waals surface area contributed by atoms with Gasteiger partial charge in [-0.05, 0) is 24.6 Å². The molecule has 0 bridgehead atoms. The fraction of sp³-hybridized carbons (Fsp3) is 0.381. The van der Waals surface area contributed by atoms with Gasteiger partial charge in [0.25, 0.3) is 11.8 Å². The fourth-order valence-corrected chi connectivity index (χ4v) is 3.77. The van der Waals surface area contributed by atoms with Gasteiger partial charge in [-0.25, -0.2) is 4.98 Å². The van der Waals surface area contributed by atoms with Crippen molar-refractivity contribution >= 4 is 11.8 Å². The first-order valence-electron chi connectivity index (χ1n) is 9.22. The molecule has 1 saturated carbocycles. The molecule has 6 heteroatoms. The summed E-state index contributed by atoms with van der Waals surface area (Å²) < 4.78 is 5.37. The van der Waals surface area contributed by atoms with Crippen LogP contribution in [-0.2, 0) is 11.2 Å². The molecule has 1 aliphatic carbocycles. The number of ether oxygens (including phenoxy) is 1. The number of amides is 2. The molecule has 2 aromatic rings. The number of nitrogens with zero attached hydrogens (tertiary/aromatic N) is 1. The van der Waals surface area contributed by atoms with Gasteiger partial charge in [0.05, 0.1) is 13.2 Å². The lowest BCUT2D eigenvalue weighted by molar-refractivity contribution is 0.0928. The first-order chi connectivity index (χ1) is 13.0. The maximum Gasteiger partial charge on any atom is 0.269 e. The minimum Gasteiger partial charge on any atom is -0.381 e. The zero-order chi connectivity index (χ0) is 19.0. The quantitative estimate of drug-likeness (QED) is 0.845. The minimum absolute atomic E-state index is 0.160. The van der Waals surface area contributed by atoms with Gasteiger partial charge in [0.2, 0.25) is 0 Å². The molecule has 2 N–H and O–H groups in total. The van der Waals surface area contributed by atoms with Crippen LogP contribution in [0.4, 0.5) is 0 Å². The van der Waals surface area contributed by atoms with Crippen molar-refractivity contribution in [2.75, 3.05) is 20.3 Å². The minimum atomic E-state index is -0.299. The van der Waals surface area contributed by atoms with E-state index in [1.165, 1.54) is 0 Å². The molecule has 2 aliphatic rings. The number of pyridine rings is 1. The molecule has 1 saturated heterocycles. The molecule has 1 aliphatic heterocycles. The van der Waals surface area contributed by atoms with Gasteiger partial charge in [-0.2, -0.15) is 0 Å². The van der Waals surface area contributed by atoms with E-state index in [1.54, 1.807) is 19.2 Å². The first kappa shape index (κ1) is 17.7. The van der Waals surface area contributed by atoms with E-state index in [1.807, 2.05) is 25.1 Å². The van der Waals surface area contributed by atoms with Crippen LogP contribution in [0.1, 0.15) is 37.7 Å². The first-order valence-corrected chi connectivity index (χ1v) is 9.22. The van der Waals surface area contributed by atoms with Crippen LogP contribution in [0.3, 0.4) is 0 Å². The predicted molar refractivity (Wildman–Crippen MR) is 101 cm³/mol. The second-order valence-corrected chi connectivity index (χ2v) is 7.34. The number of hydrogen-bond acceptors (Lipinski definition) is 4. The Morgan fingerprint density at radius 2 is 1.93 bits per heavy atom. The third-order valence-corrected chi connectivity index (χ3v) is 5.32. The molecule has 0 spiro atoms. The average molecular weight is 365 g/mol. The topological polar surface area (TPSA) is 80.3 Å². The van der Waals surface area contributed by atoms with Crippen molar-refractivity contribution in [3.05, 3.63) is 64.5 Å². The largest absolute Gasteiger partial charge is 0.381 e. The number of benzene rings is 1. The highest BCUT2D eigenvalue weighted by atomic mass is 16.5. The second kappa shape index (κ2) is 7.12. The smallest absolute Gasteiger partial charge is 0.269 e. The van der Waals surface area contributed by atoms with Gasteiger partial charge in [-0.3, -0.25) is 9.59 Å². The molecule has 1 unspecified atom stereocenters. The van der Waals surface area contributed by atoms with E-state index in [0.717, 1.165) is 11.1 Å². The van der Waals surface area contributed by atoms with Gasteiger partial charge < -0.3 is 15.4 Å². The van der Waals surface area contributed by atoms with Gasteiger partial charge in [0, 0.05) is 42.6 Å². The zero-order valence-electron chi connectivity index (χ0n) is 15.5. The van der Waals surface area contributed by atoms with E-state index >= 15 is 0 Å². The van der Waals surface area contributed by atoms with Crippen molar-refractivity contribution in [3.8, 4) is 0 Å². The SMILES string of the molecule is CNC(=O)c1cc(C(=O)NC2[C@H]3COC[C@@H]23)cc(Cc2cccc(C)c2)n1. The summed E-state index contributed by atoms with van der Waals surface area (Å²) in [5, 5.41) is 5.66. The lowest BCUT2D eigenvalue weighted by Gasteiger charge is -2.11. The van der Waals surface area contributed by atoms with Crippen LogP contribution >= 0.6 is 0 Å². The Labute approximate surface area is 158 Å². The third kappa shape index (κ3) is 3.71. The highest BCUT2D eigenvalue weighted by molar-refractivity contribution is 5.98. The molecule has 2 fully saturated rings. The van der Waals surface area contributed by atoms with E-state index in [4.69, 9.17) is 4.74 Å². The van der Waals surface area contributed by atoms with E-state index in [2.05, 4.69) is 21.7 Å². The van der Waals surface area contributed by atoms with Crippen molar-refractivity contribution in [1.29, 1.82) is 0 Å². The summed E-state index contributed by atoms with van der Waals surface area (Å²) in [6.45, 7) is 3.47. The fourth-order valence-electron chi connectivity index (χ4n) is 3.77. The Kier molecular flexibility index (Phi) is 4.66. The Hall–Kier alpha value is -2.73. The van der Waals surface area contributed by atoms with Crippen molar-refractivity contribution in [2.45, 2.75) is 19.4 Å². The lowest BCUT2D eigenvalue weighted by atomic mass is 10.0. The summed E-state index contributed by atoms with van der Waals surface area (Å²) in [6, 6.07) is 11.7. The van der Waals surface area contributed by atoms with Gasteiger partial charge in [0.15, 0.2) is 0 Å². The highest BCUT2D eigenvalue weighted by Gasteiger charge is 2.54. The molecule has 140 valence electrons. The zero-order valence-corrected chi connectivity index (χ0v) is 15.5. The van der Waals surface area contributed by atoms with E-state index in [0.29, 0.717) is 42.7 Å². The molecule has 4 rings (SSSR count). The van der Waals surface area contributed by atoms with Gasteiger partial charge in [-0.1, -0.05) is 29.8 Å². The van der Waals surface area contributed by atoms with Crippen molar-refractivity contribution in [2.24, 2.45) is 11.8 Å². The van der Waals surface area contributed by atoms with Crippen LogP contribution in [-0.4, -0.2) is 43.1 Å². The number of fused-ring (bicyclic) bond motifs is 1. The van der Waals surface area contributed by atoms with Crippen molar-refractivity contribution in [3.63, 3.8) is 0 Å². The normalized spacial score (nSPS) is 22.8. The summed E-state index contributed by atoms with van der Waals surface area (Å²) in [4.78, 5) is 29.3. The van der Waals surface area contributed by atoms with Gasteiger partial charge >= 0.3 is 0 Å². The van der Waals surface area contributed by atoms with Crippen LogP contribution in [0.2, 0.25) is 0 Å². The Bertz CT molecular complexity index is 886. The summed E-state index contributed by atoms with van der Waals surface area (Å²) >= 11 is 0. The molecule has 1 aromatic carbocycles. The summed E-state index contributed by atoms with van der Waals surface area (Å²) in [6.07, 6.45) is 0.565. The highest BCUT2D eigenvalue weighted by Crippen LogP contribution is 2.44. The summed E-state index contributed by atoms with van der Waals surface area (Å²) in [5.74, 6) is 0.404. The molecule has 1 aromatic heterocycles. The summed E-state index contributed by atoms with van der Waals surface area (Å²) in [7, 11) is 1.56. The average Bonchev–Trinajstić information content (AvgIpc) is 3.08. The Morgan fingerprint density at radius 3 is 2.63 bits per heavy atom. The van der Waals surface area contributed by atoms with Crippen LogP contribution in [0.5, 0.6) is 0 Å². The number of carbonyl (C=O) groups excluding carboxylic acids is 2. The molecule has 27 heavy (non-hydrogen) atoms. The number of nitrogens with one attached hydrogen (secondary N) is 2. The van der Waals surface area contributed by atoms with E-state index in [-0.39, 0.29) is 23.6 Å². The molecule has 3 atom stereocenters. The van der Waals surface area contributed by atoms with Crippen molar-refractivity contribution in [1.82, 2.24) is 15.6 Å². The number of hydrogen-bond donors (Lipinski definition) is 2. The molecular formula is C21H23N3O3. The number of aryl methyl sites for hydroxylation is 1. The standard InChI is InChI=1S/C21H23N3O3/c1-12-4-3-5-13(6-12)7-15-8-14(9-18(23-15)21(26)22-2)20(25)24-19-16-10-27-11-17(16)19/h3-6,8-9,16-17,19H,7,10-11H2,1-2H3,(H,22,26)(H,24,25)/t16-,17+,19?. The van der Waals surface area contributed by atoms with Crippen molar-refractivity contribution < 1.29 is 14.3 Å². The molecule has 6 nitrogen and oxygen atoms in total. The second-order valence-electron chi connectivity index (χ2n) is 7.34. The maximum absolute atomic E-state index is 12.7. The number of rotatable bonds is 5. The van der Waals surface area contributed by atoms with Crippen LogP contribution < -0.4 is 10.6 Å². The molecular weight excluding hydrogens is 342 g/mol. The van der Waals surface area contributed by atoms with E-state index < -0.39 is 0 Å². The predicted octanol–water partition coefficient (Wildman–Crippen LogP) is 1.72. The molecule has 0 radical (unpaired) electrons. The number of carbonyl (C=O) groups is 2. The van der Waals surface area contributed by atoms with Gasteiger partial charge in [-0.15, -0.1) is 0 Å². The molecule has 2 heterocycles. The molecule has 2 amide bonds. The van der Waals surface area contributed by atoms with E-state index in [9.17, 15) is 9.59 Å². The van der Waals surface area contributed by atoms with Gasteiger partial charge in [0.1, 0.15) is 5.69 Å². The monoisotopic (exact) mass is 365 g/mol. The van der Waals surface area contributed by atoms with Crippen LogP contribution in [0.25, 0.3) is 0 Å². The Morgan fingerprint density at radius 1 is 1.15 bits per heavy atom. The van der Waals surface area contributed by atoms with Crippen LogP contribution in [0, 0.1) is 18.8 Å². The maximum atomic E-state index is 12.7. The van der Waals surface area contributed by atoms with Crippen LogP contribution in [0.15, 0.2) is 36.4 Å².